The summed E-state index contributed by atoms with van der Waals surface area (Å²) >= 11 is 7.17. The first kappa shape index (κ1) is 16.3. The molecule has 5 rings (SSSR count). The number of carbonyl (C=O) groups is 1. The Morgan fingerprint density at radius 3 is 2.62 bits per heavy atom. The highest BCUT2D eigenvalue weighted by molar-refractivity contribution is 7.99. The molecule has 2 aliphatic heterocycles. The number of hydrogen-bond donors (Lipinski definition) is 1. The normalized spacial score (nSPS) is 19.8. The average Bonchev–Trinajstić information content (AvgIpc) is 3.42. The van der Waals surface area contributed by atoms with Crippen LogP contribution < -0.4 is 15.6 Å². The van der Waals surface area contributed by atoms with E-state index >= 15 is 0 Å². The van der Waals surface area contributed by atoms with Crippen LogP contribution >= 0.6 is 24.0 Å². The van der Waals surface area contributed by atoms with Gasteiger partial charge < -0.3 is 14.8 Å². The molecule has 134 valence electrons. The molecular formula is C18H16FN3O2S2. The van der Waals surface area contributed by atoms with E-state index in [9.17, 15) is 14.0 Å². The van der Waals surface area contributed by atoms with E-state index < -0.39 is 17.2 Å². The molecule has 0 bridgehead atoms. The number of amides is 1. The number of rotatable bonds is 2. The number of anilines is 1. The van der Waals surface area contributed by atoms with Crippen molar-refractivity contribution in [2.45, 2.75) is 18.9 Å². The van der Waals surface area contributed by atoms with E-state index in [4.69, 9.17) is 12.2 Å². The van der Waals surface area contributed by atoms with Gasteiger partial charge in [0.25, 0.3) is 5.91 Å². The predicted octanol–water partition coefficient (Wildman–Crippen LogP) is 2.45. The summed E-state index contributed by atoms with van der Waals surface area (Å²) in [5.41, 5.74) is 1.30. The number of hydrogen-bond acceptors (Lipinski definition) is 5. The molecule has 2 fully saturated rings. The van der Waals surface area contributed by atoms with Crippen molar-refractivity contribution >= 4 is 51.5 Å². The van der Waals surface area contributed by atoms with Gasteiger partial charge in [0, 0.05) is 36.0 Å². The van der Waals surface area contributed by atoms with Crippen LogP contribution in [0.4, 0.5) is 10.1 Å². The Hall–Kier alpha value is -1.93. The van der Waals surface area contributed by atoms with Gasteiger partial charge in [0.05, 0.1) is 16.9 Å². The molecule has 0 spiro atoms. The molecule has 2 aromatic rings. The summed E-state index contributed by atoms with van der Waals surface area (Å²) in [6.45, 7) is 1.56. The minimum Gasteiger partial charge on any atom is -0.367 e. The number of nitrogens with zero attached hydrogens (tertiary/aromatic N) is 2. The number of aromatic nitrogens is 1. The third-order valence-electron chi connectivity index (χ3n) is 5.21. The molecule has 1 aromatic heterocycles. The third kappa shape index (κ3) is 2.31. The fraction of sp³-hybridized carbons (Fsp3) is 0.389. The van der Waals surface area contributed by atoms with Crippen LogP contribution in [0.15, 0.2) is 16.9 Å². The maximum Gasteiger partial charge on any atom is 0.262 e. The second-order valence-corrected chi connectivity index (χ2v) is 8.49. The fourth-order valence-corrected chi connectivity index (χ4v) is 5.03. The van der Waals surface area contributed by atoms with Gasteiger partial charge in [0.1, 0.15) is 16.4 Å². The van der Waals surface area contributed by atoms with E-state index in [2.05, 4.69) is 5.32 Å². The first-order chi connectivity index (χ1) is 12.6. The second-order valence-electron chi connectivity index (χ2n) is 6.86. The van der Waals surface area contributed by atoms with Gasteiger partial charge in [-0.25, -0.2) is 4.39 Å². The van der Waals surface area contributed by atoms with Gasteiger partial charge in [-0.1, -0.05) is 12.2 Å². The maximum atomic E-state index is 14.8. The molecule has 26 heavy (non-hydrogen) atoms. The lowest BCUT2D eigenvalue weighted by molar-refractivity contribution is 0.0982. The van der Waals surface area contributed by atoms with Crippen molar-refractivity contribution in [3.05, 3.63) is 39.4 Å². The van der Waals surface area contributed by atoms with E-state index in [1.54, 1.807) is 6.07 Å². The van der Waals surface area contributed by atoms with Crippen LogP contribution in [-0.4, -0.2) is 40.1 Å². The Labute approximate surface area is 158 Å². The van der Waals surface area contributed by atoms with Gasteiger partial charge in [-0.15, -0.1) is 0 Å². The molecule has 3 heterocycles. The van der Waals surface area contributed by atoms with Crippen LogP contribution in [-0.2, 0) is 0 Å². The van der Waals surface area contributed by atoms with E-state index in [0.29, 0.717) is 16.9 Å². The zero-order chi connectivity index (χ0) is 18.0. The Balaban J connectivity index is 1.83. The van der Waals surface area contributed by atoms with Crippen LogP contribution in [0.25, 0.3) is 10.9 Å². The van der Waals surface area contributed by atoms with E-state index in [1.807, 2.05) is 21.2 Å². The van der Waals surface area contributed by atoms with Crippen molar-refractivity contribution in [3.8, 4) is 0 Å². The van der Waals surface area contributed by atoms with Crippen molar-refractivity contribution in [2.24, 2.45) is 0 Å². The maximum absolute atomic E-state index is 14.8. The molecule has 1 amide bonds. The number of thioether (sulfide) groups is 1. The van der Waals surface area contributed by atoms with Gasteiger partial charge in [0.15, 0.2) is 0 Å². The molecule has 1 saturated heterocycles. The van der Waals surface area contributed by atoms with Crippen molar-refractivity contribution in [1.29, 1.82) is 0 Å². The Morgan fingerprint density at radius 2 is 1.92 bits per heavy atom. The lowest BCUT2D eigenvalue weighted by Gasteiger charge is -2.29. The average molecular weight is 389 g/mol. The summed E-state index contributed by atoms with van der Waals surface area (Å²) in [7, 11) is 0. The van der Waals surface area contributed by atoms with Crippen LogP contribution in [0.5, 0.6) is 0 Å². The summed E-state index contributed by atoms with van der Waals surface area (Å²) in [5, 5.41) is 2.83. The molecule has 0 unspecified atom stereocenters. The lowest BCUT2D eigenvalue weighted by atomic mass is 10.1. The summed E-state index contributed by atoms with van der Waals surface area (Å²) in [6.07, 6.45) is 1.93. The molecule has 1 aromatic carbocycles. The molecule has 0 radical (unpaired) electrons. The predicted molar refractivity (Wildman–Crippen MR) is 105 cm³/mol. The summed E-state index contributed by atoms with van der Waals surface area (Å²) in [5.74, 6) is 1.02. The van der Waals surface area contributed by atoms with Gasteiger partial charge in [-0.2, -0.15) is 11.8 Å². The molecule has 3 aliphatic rings. The van der Waals surface area contributed by atoms with Crippen LogP contribution in [0.3, 0.4) is 0 Å². The topological polar surface area (TPSA) is 54.3 Å². The number of benzene rings is 1. The largest absolute Gasteiger partial charge is 0.367 e. The first-order valence-corrected chi connectivity index (χ1v) is 10.2. The highest BCUT2D eigenvalue weighted by Crippen LogP contribution is 2.40. The van der Waals surface area contributed by atoms with Crippen molar-refractivity contribution in [1.82, 2.24) is 9.88 Å². The molecule has 1 N–H and O–H groups in total. The molecular weight excluding hydrogens is 373 g/mol. The summed E-state index contributed by atoms with van der Waals surface area (Å²) < 4.78 is 16.8. The minimum absolute atomic E-state index is 0.0518. The van der Waals surface area contributed by atoms with Crippen molar-refractivity contribution in [3.63, 3.8) is 0 Å². The molecule has 1 aliphatic carbocycles. The summed E-state index contributed by atoms with van der Waals surface area (Å²) in [6, 6.07) is 3.27. The number of pyridine rings is 1. The van der Waals surface area contributed by atoms with Gasteiger partial charge in [-0.05, 0) is 25.0 Å². The molecule has 5 nitrogen and oxygen atoms in total. The van der Waals surface area contributed by atoms with Crippen LogP contribution in [0.1, 0.15) is 34.9 Å². The van der Waals surface area contributed by atoms with Gasteiger partial charge in [0.2, 0.25) is 5.43 Å². The standard InChI is InChI=1S/C18H16FN3O2S2/c19-11-7-10-12(8-13(11)21-3-5-26-6-4-21)22(9-1-2-9)15-14(16(10)23)17(24)20-18(15)25/h7-9H,1-6H2,(H,20,24,25). The van der Waals surface area contributed by atoms with Gasteiger partial charge in [-0.3, -0.25) is 9.59 Å². The highest BCUT2D eigenvalue weighted by Gasteiger charge is 2.37. The monoisotopic (exact) mass is 389 g/mol. The molecule has 1 saturated carbocycles. The Morgan fingerprint density at radius 1 is 1.19 bits per heavy atom. The third-order valence-corrected chi connectivity index (χ3v) is 6.44. The highest BCUT2D eigenvalue weighted by atomic mass is 32.2. The van der Waals surface area contributed by atoms with Gasteiger partial charge >= 0.3 is 0 Å². The van der Waals surface area contributed by atoms with Crippen LogP contribution in [0, 0.1) is 5.82 Å². The quantitative estimate of drug-likeness (QED) is 0.800. The van der Waals surface area contributed by atoms with E-state index in [0.717, 1.165) is 37.4 Å². The second kappa shape index (κ2) is 5.79. The Kier molecular flexibility index (Phi) is 3.62. The lowest BCUT2D eigenvalue weighted by Crippen LogP contribution is -2.33. The van der Waals surface area contributed by atoms with Crippen molar-refractivity contribution < 1.29 is 9.18 Å². The number of fused-ring (bicyclic) bond motifs is 2. The first-order valence-electron chi connectivity index (χ1n) is 8.66. The Bertz CT molecular complexity index is 1040. The number of nitrogens with one attached hydrogen (secondary N) is 1. The molecule has 8 heteroatoms. The van der Waals surface area contributed by atoms with Crippen LogP contribution in [0.2, 0.25) is 0 Å². The number of carbonyl (C=O) groups excluding carboxylic acids is 1. The SMILES string of the molecule is O=C1NC(=S)c2c1c(=O)c1cc(F)c(N3CCSCC3)cc1n2C1CC1. The molecule has 0 atom stereocenters. The minimum atomic E-state index is -0.483. The van der Waals surface area contributed by atoms with E-state index in [-0.39, 0.29) is 22.0 Å². The van der Waals surface area contributed by atoms with Crippen molar-refractivity contribution in [2.75, 3.05) is 29.5 Å². The zero-order valence-corrected chi connectivity index (χ0v) is 15.5. The fourth-order valence-electron chi connectivity index (χ4n) is 3.83. The smallest absolute Gasteiger partial charge is 0.262 e. The zero-order valence-electron chi connectivity index (χ0n) is 13.9. The number of halogens is 1. The number of thiocarbonyl (C=S) groups is 1. The summed E-state index contributed by atoms with van der Waals surface area (Å²) in [4.78, 5) is 27.4. The van der Waals surface area contributed by atoms with E-state index in [1.165, 1.54) is 6.07 Å².